The minimum absolute atomic E-state index is 0.693. The van der Waals surface area contributed by atoms with Crippen molar-refractivity contribution in [2.24, 2.45) is 0 Å². The Morgan fingerprint density at radius 3 is 3.06 bits per heavy atom. The molecule has 17 heavy (non-hydrogen) atoms. The van der Waals surface area contributed by atoms with E-state index in [-0.39, 0.29) is 0 Å². The van der Waals surface area contributed by atoms with E-state index in [2.05, 4.69) is 46.0 Å². The van der Waals surface area contributed by atoms with Gasteiger partial charge in [-0.15, -0.1) is 11.3 Å². The summed E-state index contributed by atoms with van der Waals surface area (Å²) in [6.45, 7) is 3.20. The Bertz CT molecular complexity index is 350. The van der Waals surface area contributed by atoms with E-state index >= 15 is 0 Å². The number of rotatable bonds is 5. The molecular weight excluding hydrogens is 338 g/mol. The van der Waals surface area contributed by atoms with Crippen LogP contribution in [0.3, 0.4) is 0 Å². The average Bonchev–Trinajstić information content (AvgIpc) is 2.85. The molecule has 2 atom stereocenters. The molecule has 5 heteroatoms. The summed E-state index contributed by atoms with van der Waals surface area (Å²) in [5, 5.41) is 4.52. The summed E-state index contributed by atoms with van der Waals surface area (Å²) >= 11 is 13.2. The van der Waals surface area contributed by atoms with E-state index < -0.39 is 0 Å². The lowest BCUT2D eigenvalue weighted by atomic mass is 10.2. The molecule has 0 aliphatic heterocycles. The maximum absolute atomic E-state index is 6.03. The zero-order valence-corrected chi connectivity index (χ0v) is 13.8. The Balaban J connectivity index is 1.76. The third kappa shape index (κ3) is 4.13. The van der Waals surface area contributed by atoms with Crippen molar-refractivity contribution < 1.29 is 0 Å². The van der Waals surface area contributed by atoms with Gasteiger partial charge in [-0.05, 0) is 47.0 Å². The van der Waals surface area contributed by atoms with Crippen LogP contribution in [0.1, 0.15) is 31.1 Å². The number of nitrogens with one attached hydrogen (secondary N) is 1. The molecule has 1 saturated carbocycles. The Hall–Kier alpha value is 0.780. The molecule has 0 spiro atoms. The van der Waals surface area contributed by atoms with Gasteiger partial charge in [0.2, 0.25) is 0 Å². The average molecular weight is 355 g/mol. The van der Waals surface area contributed by atoms with E-state index in [1.54, 1.807) is 11.3 Å². The smallest absolute Gasteiger partial charge is 0.107 e. The third-order valence-electron chi connectivity index (χ3n) is 3.05. The first kappa shape index (κ1) is 14.2. The molecule has 0 aromatic carbocycles. The number of hydrogen-bond donors (Lipinski definition) is 1. The molecule has 1 aliphatic rings. The summed E-state index contributed by atoms with van der Waals surface area (Å²) in [6, 6.07) is 2.81. The normalized spacial score (nSPS) is 24.4. The Morgan fingerprint density at radius 1 is 1.59 bits per heavy atom. The SMILES string of the molecule is CCSC1CCC(NCc2cc(Br)c(Cl)s2)C1. The highest BCUT2D eigenvalue weighted by Gasteiger charge is 2.24. The van der Waals surface area contributed by atoms with Gasteiger partial charge in [0.25, 0.3) is 0 Å². The molecule has 0 bridgehead atoms. The van der Waals surface area contributed by atoms with Gasteiger partial charge in [0.1, 0.15) is 4.34 Å². The van der Waals surface area contributed by atoms with Gasteiger partial charge in [0.05, 0.1) is 0 Å². The summed E-state index contributed by atoms with van der Waals surface area (Å²) < 4.78 is 1.87. The van der Waals surface area contributed by atoms with Crippen LogP contribution in [0.2, 0.25) is 4.34 Å². The van der Waals surface area contributed by atoms with E-state index in [1.165, 1.54) is 29.9 Å². The van der Waals surface area contributed by atoms with Gasteiger partial charge >= 0.3 is 0 Å². The predicted molar refractivity (Wildman–Crippen MR) is 83.4 cm³/mol. The van der Waals surface area contributed by atoms with E-state index in [0.717, 1.165) is 20.6 Å². The molecule has 2 rings (SSSR count). The highest BCUT2D eigenvalue weighted by atomic mass is 79.9. The largest absolute Gasteiger partial charge is 0.309 e. The molecule has 1 N–H and O–H groups in total. The molecule has 0 amide bonds. The maximum atomic E-state index is 6.03. The first-order chi connectivity index (χ1) is 8.19. The highest BCUT2D eigenvalue weighted by molar-refractivity contribution is 9.10. The van der Waals surface area contributed by atoms with E-state index in [1.807, 2.05) is 0 Å². The van der Waals surface area contributed by atoms with Gasteiger partial charge in [0.15, 0.2) is 0 Å². The van der Waals surface area contributed by atoms with Crippen LogP contribution in [-0.2, 0) is 6.54 Å². The predicted octanol–water partition coefficient (Wildman–Crippen LogP) is 4.93. The zero-order chi connectivity index (χ0) is 12.3. The lowest BCUT2D eigenvalue weighted by Gasteiger charge is -2.12. The van der Waals surface area contributed by atoms with Crippen LogP contribution in [0, 0.1) is 0 Å². The first-order valence-corrected chi connectivity index (χ1v) is 9.01. The van der Waals surface area contributed by atoms with Crippen molar-refractivity contribution in [3.63, 3.8) is 0 Å². The Kier molecular flexibility index (Phi) is 5.68. The minimum Gasteiger partial charge on any atom is -0.309 e. The lowest BCUT2D eigenvalue weighted by molar-refractivity contribution is 0.528. The van der Waals surface area contributed by atoms with Crippen molar-refractivity contribution >= 4 is 50.6 Å². The fourth-order valence-electron chi connectivity index (χ4n) is 2.24. The van der Waals surface area contributed by atoms with Gasteiger partial charge in [0, 0.05) is 27.2 Å². The van der Waals surface area contributed by atoms with Crippen LogP contribution >= 0.6 is 50.6 Å². The third-order valence-corrected chi connectivity index (χ3v) is 6.76. The van der Waals surface area contributed by atoms with Crippen molar-refractivity contribution in [3.05, 3.63) is 19.8 Å². The second-order valence-corrected chi connectivity index (χ2v) is 8.47. The maximum Gasteiger partial charge on any atom is 0.107 e. The van der Waals surface area contributed by atoms with Gasteiger partial charge in [-0.2, -0.15) is 11.8 Å². The van der Waals surface area contributed by atoms with Crippen molar-refractivity contribution in [2.75, 3.05) is 5.75 Å². The molecule has 1 aliphatic carbocycles. The summed E-state index contributed by atoms with van der Waals surface area (Å²) in [4.78, 5) is 1.31. The zero-order valence-electron chi connectivity index (χ0n) is 9.84. The molecule has 0 saturated heterocycles. The number of thiophene rings is 1. The number of hydrogen-bond acceptors (Lipinski definition) is 3. The van der Waals surface area contributed by atoms with E-state index in [9.17, 15) is 0 Å². The van der Waals surface area contributed by atoms with E-state index in [4.69, 9.17) is 11.6 Å². The molecule has 1 aromatic heterocycles. The fraction of sp³-hybridized carbons (Fsp3) is 0.667. The van der Waals surface area contributed by atoms with Crippen LogP contribution < -0.4 is 5.32 Å². The van der Waals surface area contributed by atoms with Crippen molar-refractivity contribution in [2.45, 2.75) is 44.0 Å². The van der Waals surface area contributed by atoms with Crippen LogP contribution in [0.5, 0.6) is 0 Å². The van der Waals surface area contributed by atoms with Crippen molar-refractivity contribution in [1.82, 2.24) is 5.32 Å². The summed E-state index contributed by atoms with van der Waals surface area (Å²) in [6.07, 6.45) is 4.00. The Labute approximate surface area is 125 Å². The molecule has 96 valence electrons. The van der Waals surface area contributed by atoms with Crippen LogP contribution in [-0.4, -0.2) is 17.0 Å². The van der Waals surface area contributed by atoms with Crippen LogP contribution in [0.4, 0.5) is 0 Å². The lowest BCUT2D eigenvalue weighted by Crippen LogP contribution is -2.25. The first-order valence-electron chi connectivity index (χ1n) is 5.97. The second kappa shape index (κ2) is 6.80. The quantitative estimate of drug-likeness (QED) is 0.804. The highest BCUT2D eigenvalue weighted by Crippen LogP contribution is 2.33. The summed E-state index contributed by atoms with van der Waals surface area (Å²) in [5.41, 5.74) is 0. The van der Waals surface area contributed by atoms with Crippen LogP contribution in [0.25, 0.3) is 0 Å². The van der Waals surface area contributed by atoms with Gasteiger partial charge in [-0.25, -0.2) is 0 Å². The van der Waals surface area contributed by atoms with Crippen LogP contribution in [0.15, 0.2) is 10.5 Å². The number of thioether (sulfide) groups is 1. The van der Waals surface area contributed by atoms with Crippen molar-refractivity contribution in [3.8, 4) is 0 Å². The minimum atomic E-state index is 0.693. The molecule has 1 heterocycles. The standard InChI is InChI=1S/C12H17BrClNS2/c1-2-16-9-4-3-8(5-9)15-7-10-6-11(13)12(14)17-10/h6,8-9,15H,2-5,7H2,1H3. The van der Waals surface area contributed by atoms with E-state index in [0.29, 0.717) is 6.04 Å². The van der Waals surface area contributed by atoms with Crippen molar-refractivity contribution in [1.29, 1.82) is 0 Å². The van der Waals surface area contributed by atoms with Gasteiger partial charge < -0.3 is 5.32 Å². The molecule has 0 radical (unpaired) electrons. The second-order valence-electron chi connectivity index (χ2n) is 4.30. The fourth-order valence-corrected chi connectivity index (χ4v) is 5.12. The topological polar surface area (TPSA) is 12.0 Å². The summed E-state index contributed by atoms with van der Waals surface area (Å²) in [5.74, 6) is 1.24. The molecule has 2 unspecified atom stereocenters. The molecule has 1 nitrogen and oxygen atoms in total. The molecule has 1 aromatic rings. The molecule has 1 fully saturated rings. The monoisotopic (exact) mass is 353 g/mol. The Morgan fingerprint density at radius 2 is 2.41 bits per heavy atom. The van der Waals surface area contributed by atoms with Gasteiger partial charge in [-0.1, -0.05) is 18.5 Å². The summed E-state index contributed by atoms with van der Waals surface area (Å²) in [7, 11) is 0. The van der Waals surface area contributed by atoms with Gasteiger partial charge in [-0.3, -0.25) is 0 Å². The molecular formula is C12H17BrClNS2. The number of halogens is 2.